The van der Waals surface area contributed by atoms with Crippen LogP contribution in [-0.2, 0) is 13.1 Å². The van der Waals surface area contributed by atoms with E-state index in [0.29, 0.717) is 18.6 Å². The molecule has 6 heteroatoms. The molecule has 2 aromatic heterocycles. The number of fused-ring (bicyclic) bond motifs is 1. The first kappa shape index (κ1) is 19.4. The second-order valence-corrected chi connectivity index (χ2v) is 7.08. The Morgan fingerprint density at radius 2 is 1.43 bits per heavy atom. The van der Waals surface area contributed by atoms with Crippen molar-refractivity contribution >= 4 is 17.3 Å². The van der Waals surface area contributed by atoms with Gasteiger partial charge in [-0.15, -0.1) is 0 Å². The maximum absolute atomic E-state index is 12.8. The smallest absolute Gasteiger partial charge is 0.287 e. The van der Waals surface area contributed by atoms with Crippen LogP contribution in [0, 0.1) is 6.92 Å². The third-order valence-corrected chi connectivity index (χ3v) is 4.84. The molecule has 2 N–H and O–H groups in total. The molecule has 0 aliphatic carbocycles. The van der Waals surface area contributed by atoms with E-state index in [0.717, 1.165) is 16.7 Å². The average Bonchev–Trinajstić information content (AvgIpc) is 3.17. The van der Waals surface area contributed by atoms with Gasteiger partial charge in [0.15, 0.2) is 5.69 Å². The number of hydrogen-bond donors (Lipinski definition) is 2. The normalized spacial score (nSPS) is 10.7. The number of hydrogen-bond acceptors (Lipinski definition) is 3. The second kappa shape index (κ2) is 8.61. The number of rotatable bonds is 6. The van der Waals surface area contributed by atoms with E-state index < -0.39 is 0 Å². The van der Waals surface area contributed by atoms with Crippen molar-refractivity contribution in [1.29, 1.82) is 0 Å². The summed E-state index contributed by atoms with van der Waals surface area (Å²) in [4.78, 5) is 29.9. The third-order valence-electron chi connectivity index (χ3n) is 4.84. The minimum atomic E-state index is -0.334. The molecule has 6 nitrogen and oxygen atoms in total. The summed E-state index contributed by atoms with van der Waals surface area (Å²) in [6.07, 6.45) is 1.73. The molecule has 2 aromatic carbocycles. The summed E-state index contributed by atoms with van der Waals surface area (Å²) >= 11 is 0. The van der Waals surface area contributed by atoms with Gasteiger partial charge in [-0.3, -0.25) is 14.0 Å². The number of aromatic nitrogens is 2. The van der Waals surface area contributed by atoms with Gasteiger partial charge in [-0.25, -0.2) is 4.98 Å². The van der Waals surface area contributed by atoms with Crippen molar-refractivity contribution in [3.63, 3.8) is 0 Å². The Balaban J connectivity index is 1.53. The van der Waals surface area contributed by atoms with Gasteiger partial charge in [-0.05, 0) is 30.2 Å². The Morgan fingerprint density at radius 3 is 2.17 bits per heavy atom. The molecule has 0 atom stereocenters. The Labute approximate surface area is 174 Å². The number of carbonyl (C=O) groups excluding carboxylic acids is 2. The molecule has 0 radical (unpaired) electrons. The number of nitrogens with zero attached hydrogens (tertiary/aromatic N) is 2. The molecule has 2 amide bonds. The van der Waals surface area contributed by atoms with Crippen LogP contribution in [0.5, 0.6) is 0 Å². The Morgan fingerprint density at radius 1 is 0.800 bits per heavy atom. The lowest BCUT2D eigenvalue weighted by molar-refractivity contribution is 0.0939. The molecule has 0 unspecified atom stereocenters. The first-order valence-corrected chi connectivity index (χ1v) is 9.75. The third kappa shape index (κ3) is 4.22. The molecule has 150 valence electrons. The van der Waals surface area contributed by atoms with Crippen molar-refractivity contribution in [2.45, 2.75) is 20.0 Å². The largest absolute Gasteiger partial charge is 0.347 e. The fourth-order valence-corrected chi connectivity index (χ4v) is 3.19. The fraction of sp³-hybridized carbons (Fsp3) is 0.125. The van der Waals surface area contributed by atoms with E-state index in [1.54, 1.807) is 22.7 Å². The number of nitrogens with one attached hydrogen (secondary N) is 2. The van der Waals surface area contributed by atoms with Gasteiger partial charge in [0.05, 0.1) is 5.52 Å². The van der Waals surface area contributed by atoms with E-state index in [4.69, 9.17) is 0 Å². The summed E-state index contributed by atoms with van der Waals surface area (Å²) in [7, 11) is 0. The summed E-state index contributed by atoms with van der Waals surface area (Å²) in [5.74, 6) is -0.471. The predicted octanol–water partition coefficient (Wildman–Crippen LogP) is 3.50. The van der Waals surface area contributed by atoms with Crippen molar-refractivity contribution in [3.8, 4) is 0 Å². The molecule has 0 spiro atoms. The zero-order valence-electron chi connectivity index (χ0n) is 16.6. The highest BCUT2D eigenvalue weighted by atomic mass is 16.2. The molecular weight excluding hydrogens is 376 g/mol. The standard InChI is InChI=1S/C24H22N4O2/c1-17-10-12-19(13-11-17)16-26-24(30)22-27-21(20-9-5-6-14-28(20)22)23(29)25-15-18-7-3-2-4-8-18/h2-14H,15-16H2,1H3,(H,25,29)(H,26,30). The summed E-state index contributed by atoms with van der Waals surface area (Å²) in [6, 6.07) is 23.0. The van der Waals surface area contributed by atoms with Crippen LogP contribution in [0.2, 0.25) is 0 Å². The van der Waals surface area contributed by atoms with E-state index in [2.05, 4.69) is 15.6 Å². The Bertz CT molecular complexity index is 1180. The minimum Gasteiger partial charge on any atom is -0.347 e. The molecule has 0 saturated carbocycles. The van der Waals surface area contributed by atoms with Crippen LogP contribution in [0.3, 0.4) is 0 Å². The van der Waals surface area contributed by atoms with Crippen LogP contribution in [0.25, 0.3) is 5.52 Å². The number of pyridine rings is 1. The van der Waals surface area contributed by atoms with Crippen LogP contribution >= 0.6 is 0 Å². The van der Waals surface area contributed by atoms with Gasteiger partial charge >= 0.3 is 0 Å². The molecule has 0 bridgehead atoms. The highest BCUT2D eigenvalue weighted by Crippen LogP contribution is 2.14. The summed E-state index contributed by atoms with van der Waals surface area (Å²) in [6.45, 7) is 2.79. The van der Waals surface area contributed by atoms with Crippen LogP contribution in [0.1, 0.15) is 37.8 Å². The highest BCUT2D eigenvalue weighted by Gasteiger charge is 2.21. The van der Waals surface area contributed by atoms with Crippen molar-refractivity contribution in [2.75, 3.05) is 0 Å². The first-order valence-electron chi connectivity index (χ1n) is 9.75. The number of carbonyl (C=O) groups is 2. The molecule has 0 fully saturated rings. The number of benzene rings is 2. The van der Waals surface area contributed by atoms with Gasteiger partial charge in [0.2, 0.25) is 5.82 Å². The average molecular weight is 398 g/mol. The van der Waals surface area contributed by atoms with Crippen molar-refractivity contribution < 1.29 is 9.59 Å². The molecule has 4 aromatic rings. The van der Waals surface area contributed by atoms with Gasteiger partial charge in [-0.2, -0.15) is 0 Å². The van der Waals surface area contributed by atoms with E-state index >= 15 is 0 Å². The molecule has 0 aliphatic rings. The van der Waals surface area contributed by atoms with Crippen LogP contribution in [0.15, 0.2) is 79.0 Å². The lowest BCUT2D eigenvalue weighted by atomic mass is 10.1. The number of imidazole rings is 1. The minimum absolute atomic E-state index is 0.183. The molecule has 30 heavy (non-hydrogen) atoms. The maximum Gasteiger partial charge on any atom is 0.287 e. The summed E-state index contributed by atoms with van der Waals surface area (Å²) < 4.78 is 1.64. The predicted molar refractivity (Wildman–Crippen MR) is 115 cm³/mol. The lowest BCUT2D eigenvalue weighted by Gasteiger charge is -2.05. The molecule has 4 rings (SSSR count). The van der Waals surface area contributed by atoms with E-state index in [9.17, 15) is 9.59 Å². The molecular formula is C24H22N4O2. The molecule has 2 heterocycles. The van der Waals surface area contributed by atoms with Gasteiger partial charge in [-0.1, -0.05) is 66.2 Å². The fourth-order valence-electron chi connectivity index (χ4n) is 3.19. The summed E-state index contributed by atoms with van der Waals surface area (Å²) in [5, 5.41) is 5.76. The topological polar surface area (TPSA) is 75.5 Å². The van der Waals surface area contributed by atoms with Gasteiger partial charge < -0.3 is 10.6 Å². The van der Waals surface area contributed by atoms with Crippen LogP contribution < -0.4 is 10.6 Å². The zero-order chi connectivity index (χ0) is 20.9. The van der Waals surface area contributed by atoms with Crippen LogP contribution in [-0.4, -0.2) is 21.2 Å². The number of amides is 2. The van der Waals surface area contributed by atoms with Crippen molar-refractivity contribution in [3.05, 3.63) is 107 Å². The van der Waals surface area contributed by atoms with Gasteiger partial charge in [0.1, 0.15) is 0 Å². The SMILES string of the molecule is Cc1ccc(CNC(=O)c2nc(C(=O)NCc3ccccc3)c3ccccn23)cc1. The first-order chi connectivity index (χ1) is 14.6. The van der Waals surface area contributed by atoms with Crippen molar-refractivity contribution in [2.24, 2.45) is 0 Å². The lowest BCUT2D eigenvalue weighted by Crippen LogP contribution is -2.26. The second-order valence-electron chi connectivity index (χ2n) is 7.08. The Kier molecular flexibility index (Phi) is 5.57. The molecule has 0 saturated heterocycles. The zero-order valence-corrected chi connectivity index (χ0v) is 16.6. The van der Waals surface area contributed by atoms with E-state index in [1.165, 1.54) is 0 Å². The van der Waals surface area contributed by atoms with Gasteiger partial charge in [0, 0.05) is 19.3 Å². The maximum atomic E-state index is 12.8. The van der Waals surface area contributed by atoms with Gasteiger partial charge in [0.25, 0.3) is 11.8 Å². The van der Waals surface area contributed by atoms with Crippen molar-refractivity contribution in [1.82, 2.24) is 20.0 Å². The van der Waals surface area contributed by atoms with E-state index in [-0.39, 0.29) is 23.3 Å². The highest BCUT2D eigenvalue weighted by molar-refractivity contribution is 6.02. The summed E-state index contributed by atoms with van der Waals surface area (Å²) in [5.41, 5.74) is 3.96. The Hall–Kier alpha value is -3.93. The van der Waals surface area contributed by atoms with Crippen LogP contribution in [0.4, 0.5) is 0 Å². The monoisotopic (exact) mass is 398 g/mol. The van der Waals surface area contributed by atoms with E-state index in [1.807, 2.05) is 67.6 Å². The quantitative estimate of drug-likeness (QED) is 0.522. The number of aryl methyl sites for hydroxylation is 1. The molecule has 0 aliphatic heterocycles.